The van der Waals surface area contributed by atoms with E-state index < -0.39 is 79.8 Å². The van der Waals surface area contributed by atoms with Crippen LogP contribution in [0.5, 0.6) is 0 Å². The molecule has 166 valence electrons. The van der Waals surface area contributed by atoms with Crippen molar-refractivity contribution in [3.05, 3.63) is 33.1 Å². The van der Waals surface area contributed by atoms with Crippen molar-refractivity contribution >= 4 is 6.04 Å². The third-order valence-electron chi connectivity index (χ3n) is 3.99. The number of carbonyl (C=O) groups excluding carboxylic acids is 1. The summed E-state index contributed by atoms with van der Waals surface area (Å²) in [5, 5.41) is 62.7. The molecule has 7 atom stereocenters. The fourth-order valence-corrected chi connectivity index (χ4v) is 2.39. The molecule has 1 aromatic heterocycles. The van der Waals surface area contributed by atoms with Crippen LogP contribution in [-0.2, 0) is 9.53 Å². The summed E-state index contributed by atoms with van der Waals surface area (Å²) in [5.41, 5.74) is -1.33. The zero-order chi connectivity index (χ0) is 22.3. The first kappa shape index (κ1) is 25.0. The van der Waals surface area contributed by atoms with Gasteiger partial charge in [-0.05, 0) is 0 Å². The lowest BCUT2D eigenvalue weighted by atomic mass is 10.1. The summed E-state index contributed by atoms with van der Waals surface area (Å²) in [7, 11) is 0. The zero-order valence-corrected chi connectivity index (χ0v) is 14.9. The van der Waals surface area contributed by atoms with Crippen LogP contribution >= 0.6 is 0 Å². The molecule has 3 unspecified atom stereocenters. The van der Waals surface area contributed by atoms with Crippen LogP contribution in [0.4, 0.5) is 4.39 Å². The number of ether oxygens (including phenoxy) is 1. The van der Waals surface area contributed by atoms with Crippen molar-refractivity contribution in [1.82, 2.24) is 9.55 Å². The van der Waals surface area contributed by atoms with Gasteiger partial charge < -0.3 is 40.5 Å². The van der Waals surface area contributed by atoms with Crippen LogP contribution in [0.3, 0.4) is 0 Å². The lowest BCUT2D eigenvalue weighted by molar-refractivity contribution is -0.136. The average molecular weight is 426 g/mol. The second kappa shape index (κ2) is 11.2. The highest BCUT2D eigenvalue weighted by atomic mass is 19.1. The summed E-state index contributed by atoms with van der Waals surface area (Å²) in [5.74, 6) is 0. The molecule has 0 bridgehead atoms. The molecule has 14 heteroatoms. The minimum absolute atomic E-state index is 0.479. The number of rotatable bonds is 7. The van der Waals surface area contributed by atoms with Gasteiger partial charge in [-0.3, -0.25) is 19.1 Å². The molecular weight excluding hydrogens is 403 g/mol. The third kappa shape index (κ3) is 6.76. The van der Waals surface area contributed by atoms with E-state index in [1.807, 2.05) is 4.98 Å². The van der Waals surface area contributed by atoms with Crippen molar-refractivity contribution in [2.24, 2.45) is 0 Å². The topological polar surface area (TPSA) is 223 Å². The molecule has 0 spiro atoms. The lowest BCUT2D eigenvalue weighted by Crippen LogP contribution is -2.40. The molecule has 0 aromatic carbocycles. The molecule has 0 radical (unpaired) electrons. The Labute approximate surface area is 161 Å². The van der Waals surface area contributed by atoms with E-state index in [1.54, 1.807) is 0 Å². The Kier molecular flexibility index (Phi) is 9.67. The van der Waals surface area contributed by atoms with Gasteiger partial charge in [-0.25, -0.2) is 4.79 Å². The highest BCUT2D eigenvalue weighted by molar-refractivity contribution is 5.68. The number of hydrogen-bond donors (Lipinski definition) is 8. The molecule has 0 amide bonds. The first-order valence-electron chi connectivity index (χ1n) is 8.30. The van der Waals surface area contributed by atoms with E-state index in [-0.39, 0.29) is 0 Å². The Morgan fingerprint density at radius 1 is 1.17 bits per heavy atom. The van der Waals surface area contributed by atoms with Gasteiger partial charge in [0.15, 0.2) is 6.23 Å². The quantitative estimate of drug-likeness (QED) is 0.193. The predicted octanol–water partition coefficient (Wildman–Crippen LogP) is -4.90. The minimum Gasteiger partial charge on any atom is -0.394 e. The Morgan fingerprint density at radius 2 is 1.79 bits per heavy atom. The molecule has 2 rings (SSSR count). The molecule has 8 N–H and O–H groups in total. The molecule has 13 nitrogen and oxygen atoms in total. The van der Waals surface area contributed by atoms with E-state index in [9.17, 15) is 29.0 Å². The van der Waals surface area contributed by atoms with Gasteiger partial charge >= 0.3 is 11.7 Å². The van der Waals surface area contributed by atoms with E-state index in [2.05, 4.69) is 0 Å². The highest BCUT2D eigenvalue weighted by Crippen LogP contribution is 2.27. The minimum atomic E-state index is -1.79. The predicted molar refractivity (Wildman–Crippen MR) is 90.2 cm³/mol. The van der Waals surface area contributed by atoms with Gasteiger partial charge in [0, 0.05) is 12.3 Å². The van der Waals surface area contributed by atoms with Gasteiger partial charge in [0.25, 0.3) is 5.56 Å². The summed E-state index contributed by atoms with van der Waals surface area (Å²) in [6, 6.07) is -0.692. The van der Waals surface area contributed by atoms with Gasteiger partial charge in [-0.1, -0.05) is 0 Å². The van der Waals surface area contributed by atoms with Crippen LogP contribution in [0, 0.1) is 0 Å². The Bertz CT molecular complexity index is 769. The summed E-state index contributed by atoms with van der Waals surface area (Å²) in [4.78, 5) is 34.1. The maximum absolute atomic E-state index is 11.6. The van der Waals surface area contributed by atoms with Crippen molar-refractivity contribution < 1.29 is 49.7 Å². The van der Waals surface area contributed by atoms with Crippen molar-refractivity contribution in [3.8, 4) is 0 Å². The summed E-state index contributed by atoms with van der Waals surface area (Å²) >= 11 is 0. The molecular formula is C15H23FN2O11. The maximum atomic E-state index is 11.6. The van der Waals surface area contributed by atoms with Crippen LogP contribution < -0.4 is 11.2 Å². The molecule has 1 aromatic rings. The van der Waals surface area contributed by atoms with Gasteiger partial charge in [0.1, 0.15) is 30.5 Å². The van der Waals surface area contributed by atoms with Crippen LogP contribution in [-0.4, -0.2) is 101 Å². The lowest BCUT2D eigenvalue weighted by Gasteiger charge is -2.19. The molecule has 1 saturated heterocycles. The maximum Gasteiger partial charge on any atom is 0.330 e. The Balaban J connectivity index is 0.000000311. The third-order valence-corrected chi connectivity index (χ3v) is 3.99. The fourth-order valence-electron chi connectivity index (χ4n) is 2.39. The SMILES string of the molecule is O=C(F)CC(O)C(O)C(O)CO.O=c1ccn([C@@H]2O[C@H](CO)[C@@H](O)[C@H]2O)c(=O)[nH]1. The van der Waals surface area contributed by atoms with Crippen molar-refractivity contribution in [2.75, 3.05) is 13.2 Å². The van der Waals surface area contributed by atoms with Gasteiger partial charge in [-0.15, -0.1) is 0 Å². The monoisotopic (exact) mass is 426 g/mol. The van der Waals surface area contributed by atoms with Crippen LogP contribution in [0.15, 0.2) is 21.9 Å². The normalized spacial score (nSPS) is 26.9. The standard InChI is InChI=1S/C9H12N2O6.C6H11FO5/c12-3-4-6(14)7(15)8(17-4)11-2-1-5(13)10-9(11)16;7-5(11)1-3(9)6(12)4(10)2-8/h1-2,4,6-8,12,14-15H,3H2,(H,10,13,16);3-4,6,8-10,12H,1-2H2/t4-,6-,7-,8-;/m1./s1. The fraction of sp³-hybridized carbons (Fsp3) is 0.667. The molecule has 1 aliphatic heterocycles. The molecule has 0 aliphatic carbocycles. The number of aromatic nitrogens is 2. The first-order chi connectivity index (χ1) is 13.5. The van der Waals surface area contributed by atoms with Gasteiger partial charge in [-0.2, -0.15) is 4.39 Å². The van der Waals surface area contributed by atoms with Crippen LogP contribution in [0.2, 0.25) is 0 Å². The van der Waals surface area contributed by atoms with Crippen LogP contribution in [0.1, 0.15) is 12.6 Å². The molecule has 1 fully saturated rings. The number of aliphatic hydroxyl groups excluding tert-OH is 7. The summed E-state index contributed by atoms with van der Waals surface area (Å²) in [6.07, 6.45) is -9.45. The number of halogens is 1. The van der Waals surface area contributed by atoms with Gasteiger partial charge in [0.2, 0.25) is 0 Å². The molecule has 1 aliphatic rings. The van der Waals surface area contributed by atoms with E-state index in [1.165, 1.54) is 0 Å². The zero-order valence-electron chi connectivity index (χ0n) is 14.9. The molecule has 0 saturated carbocycles. The summed E-state index contributed by atoms with van der Waals surface area (Å²) in [6.45, 7) is -1.24. The van der Waals surface area contributed by atoms with Gasteiger partial charge in [0.05, 0.1) is 25.7 Å². The molecule has 2 heterocycles. The van der Waals surface area contributed by atoms with E-state index >= 15 is 0 Å². The number of hydrogen-bond acceptors (Lipinski definition) is 11. The Hall–Kier alpha value is -2.04. The largest absolute Gasteiger partial charge is 0.394 e. The first-order valence-corrected chi connectivity index (χ1v) is 8.30. The second-order valence-electron chi connectivity index (χ2n) is 6.11. The average Bonchev–Trinajstić information content (AvgIpc) is 2.95. The number of nitrogens with zero attached hydrogens (tertiary/aromatic N) is 1. The van der Waals surface area contributed by atoms with Crippen molar-refractivity contribution in [1.29, 1.82) is 0 Å². The summed E-state index contributed by atoms with van der Waals surface area (Å²) < 4.78 is 17.7. The molecule has 29 heavy (non-hydrogen) atoms. The number of carbonyl (C=O) groups is 1. The smallest absolute Gasteiger partial charge is 0.330 e. The Morgan fingerprint density at radius 3 is 2.24 bits per heavy atom. The second-order valence-corrected chi connectivity index (χ2v) is 6.11. The number of aromatic amines is 1. The number of nitrogens with one attached hydrogen (secondary N) is 1. The van der Waals surface area contributed by atoms with Crippen molar-refractivity contribution in [3.63, 3.8) is 0 Å². The van der Waals surface area contributed by atoms with Crippen LogP contribution in [0.25, 0.3) is 0 Å². The van der Waals surface area contributed by atoms with Crippen molar-refractivity contribution in [2.45, 2.75) is 49.3 Å². The number of aliphatic hydroxyl groups is 7. The van der Waals surface area contributed by atoms with E-state index in [0.717, 1.165) is 16.8 Å². The highest BCUT2D eigenvalue weighted by Gasteiger charge is 2.43. The van der Waals surface area contributed by atoms with E-state index in [4.69, 9.17) is 30.3 Å². The van der Waals surface area contributed by atoms with E-state index in [0.29, 0.717) is 0 Å². The number of H-pyrrole nitrogens is 1.